The van der Waals surface area contributed by atoms with Gasteiger partial charge in [0.25, 0.3) is 0 Å². The summed E-state index contributed by atoms with van der Waals surface area (Å²) in [6.45, 7) is 1.52. The zero-order valence-corrected chi connectivity index (χ0v) is 14.1. The molecular formula is C18H12Cl2O4. The first-order valence-corrected chi connectivity index (χ1v) is 7.94. The van der Waals surface area contributed by atoms with E-state index in [1.807, 2.05) is 0 Å². The minimum Gasteiger partial charge on any atom is -0.463 e. The van der Waals surface area contributed by atoms with Crippen molar-refractivity contribution in [1.82, 2.24) is 0 Å². The lowest BCUT2D eigenvalue weighted by Gasteiger charge is -2.07. The number of ether oxygens (including phenoxy) is 1. The van der Waals surface area contributed by atoms with Gasteiger partial charge in [-0.15, -0.1) is 11.6 Å². The molecule has 1 unspecified atom stereocenters. The molecule has 0 aliphatic heterocycles. The summed E-state index contributed by atoms with van der Waals surface area (Å²) in [5.74, 6) is -0.307. The smallest absolute Gasteiger partial charge is 0.329 e. The Labute approximate surface area is 147 Å². The van der Waals surface area contributed by atoms with E-state index in [0.717, 1.165) is 0 Å². The number of alkyl halides is 1. The van der Waals surface area contributed by atoms with Crippen molar-refractivity contribution in [2.24, 2.45) is 0 Å². The van der Waals surface area contributed by atoms with Crippen LogP contribution >= 0.6 is 23.2 Å². The van der Waals surface area contributed by atoms with Gasteiger partial charge in [0.05, 0.1) is 10.9 Å². The predicted molar refractivity (Wildman–Crippen MR) is 93.9 cm³/mol. The predicted octanol–water partition coefficient (Wildman–Crippen LogP) is 4.65. The minimum atomic E-state index is -0.764. The molecule has 24 heavy (non-hydrogen) atoms. The van der Waals surface area contributed by atoms with Gasteiger partial charge in [0.2, 0.25) is 0 Å². The molecule has 0 amide bonds. The zero-order valence-electron chi connectivity index (χ0n) is 12.6. The fraction of sp³-hybridized carbons (Fsp3) is 0.111. The number of benzene rings is 2. The Balaban J connectivity index is 2.02. The highest BCUT2D eigenvalue weighted by Gasteiger charge is 2.14. The normalized spacial score (nSPS) is 12.1. The summed E-state index contributed by atoms with van der Waals surface area (Å²) in [5, 5.41) is 0.213. The molecule has 0 radical (unpaired) electrons. The van der Waals surface area contributed by atoms with E-state index in [1.165, 1.54) is 25.3 Å². The Morgan fingerprint density at radius 2 is 1.88 bits per heavy atom. The van der Waals surface area contributed by atoms with Gasteiger partial charge in [-0.2, -0.15) is 0 Å². The Morgan fingerprint density at radius 3 is 2.54 bits per heavy atom. The Kier molecular flexibility index (Phi) is 4.60. The Bertz CT molecular complexity index is 959. The summed E-state index contributed by atoms with van der Waals surface area (Å²) in [6.07, 6.45) is 1.38. The van der Waals surface area contributed by atoms with Crippen LogP contribution in [0.5, 0.6) is 5.75 Å². The van der Waals surface area contributed by atoms with Crippen molar-refractivity contribution in [2.45, 2.75) is 12.3 Å². The Morgan fingerprint density at radius 1 is 1.17 bits per heavy atom. The molecule has 1 atom stereocenters. The zero-order chi connectivity index (χ0) is 17.3. The minimum absolute atomic E-state index is 0.179. The SMILES string of the molecule is CC(Cl)C(=O)Oc1ccc2c(=O)c(-c3ccc(Cl)cc3)coc2c1. The molecule has 0 N–H and O–H groups in total. The first kappa shape index (κ1) is 16.6. The van der Waals surface area contributed by atoms with E-state index in [-0.39, 0.29) is 11.2 Å². The van der Waals surface area contributed by atoms with Gasteiger partial charge in [-0.1, -0.05) is 23.7 Å². The molecule has 1 heterocycles. The van der Waals surface area contributed by atoms with Crippen molar-refractivity contribution < 1.29 is 13.9 Å². The second kappa shape index (κ2) is 6.67. The fourth-order valence-electron chi connectivity index (χ4n) is 2.20. The van der Waals surface area contributed by atoms with E-state index in [1.54, 1.807) is 30.3 Å². The van der Waals surface area contributed by atoms with Crippen LogP contribution in [0, 0.1) is 0 Å². The average Bonchev–Trinajstić information content (AvgIpc) is 2.56. The fourth-order valence-corrected chi connectivity index (χ4v) is 2.37. The van der Waals surface area contributed by atoms with Crippen LogP contribution in [0.3, 0.4) is 0 Å². The van der Waals surface area contributed by atoms with Gasteiger partial charge < -0.3 is 9.15 Å². The number of carbonyl (C=O) groups excluding carboxylic acids is 1. The molecule has 4 nitrogen and oxygen atoms in total. The maximum atomic E-state index is 12.6. The standard InChI is InChI=1S/C18H12Cl2O4/c1-10(19)18(22)24-13-6-7-14-16(8-13)23-9-15(17(14)21)11-2-4-12(20)5-3-11/h2-10H,1H3. The lowest BCUT2D eigenvalue weighted by atomic mass is 10.1. The van der Waals surface area contributed by atoms with E-state index >= 15 is 0 Å². The topological polar surface area (TPSA) is 56.5 Å². The van der Waals surface area contributed by atoms with Crippen LogP contribution in [0.25, 0.3) is 22.1 Å². The number of fused-ring (bicyclic) bond motifs is 1. The highest BCUT2D eigenvalue weighted by molar-refractivity contribution is 6.30. The molecule has 1 aromatic heterocycles. The van der Waals surface area contributed by atoms with Crippen LogP contribution in [-0.2, 0) is 4.79 Å². The maximum Gasteiger partial charge on any atom is 0.329 e. The molecular weight excluding hydrogens is 351 g/mol. The second-order valence-electron chi connectivity index (χ2n) is 5.18. The summed E-state index contributed by atoms with van der Waals surface area (Å²) in [7, 11) is 0. The molecule has 0 saturated carbocycles. The van der Waals surface area contributed by atoms with E-state index in [4.69, 9.17) is 32.4 Å². The highest BCUT2D eigenvalue weighted by atomic mass is 35.5. The van der Waals surface area contributed by atoms with Crippen molar-refractivity contribution in [2.75, 3.05) is 0 Å². The van der Waals surface area contributed by atoms with Gasteiger partial charge in [0, 0.05) is 11.1 Å². The molecule has 0 aliphatic rings. The van der Waals surface area contributed by atoms with E-state index in [2.05, 4.69) is 0 Å². The molecule has 0 aliphatic carbocycles. The molecule has 3 aromatic rings. The molecule has 0 saturated heterocycles. The lowest BCUT2D eigenvalue weighted by molar-refractivity contribution is -0.133. The largest absolute Gasteiger partial charge is 0.463 e. The molecule has 2 aromatic carbocycles. The van der Waals surface area contributed by atoms with Crippen molar-refractivity contribution >= 4 is 40.1 Å². The first-order chi connectivity index (χ1) is 11.5. The summed E-state index contributed by atoms with van der Waals surface area (Å²) in [4.78, 5) is 24.2. The number of hydrogen-bond donors (Lipinski definition) is 0. The lowest BCUT2D eigenvalue weighted by Crippen LogP contribution is -2.17. The number of carbonyl (C=O) groups is 1. The van der Waals surface area contributed by atoms with Crippen molar-refractivity contribution in [1.29, 1.82) is 0 Å². The van der Waals surface area contributed by atoms with E-state index < -0.39 is 11.3 Å². The van der Waals surface area contributed by atoms with Gasteiger partial charge >= 0.3 is 5.97 Å². The van der Waals surface area contributed by atoms with Gasteiger partial charge in [-0.05, 0) is 36.8 Å². The van der Waals surface area contributed by atoms with Gasteiger partial charge in [-0.25, -0.2) is 0 Å². The van der Waals surface area contributed by atoms with Crippen LogP contribution in [0.15, 0.2) is 57.9 Å². The second-order valence-corrected chi connectivity index (χ2v) is 6.27. The first-order valence-electron chi connectivity index (χ1n) is 7.13. The molecule has 6 heteroatoms. The third-order valence-electron chi connectivity index (χ3n) is 3.44. The molecule has 3 rings (SSSR count). The summed E-state index contributed by atoms with van der Waals surface area (Å²) < 4.78 is 10.6. The highest BCUT2D eigenvalue weighted by Crippen LogP contribution is 2.24. The molecule has 0 fully saturated rings. The van der Waals surface area contributed by atoms with E-state index in [0.29, 0.717) is 27.1 Å². The van der Waals surface area contributed by atoms with Crippen LogP contribution in [0.4, 0.5) is 0 Å². The third-order valence-corrected chi connectivity index (χ3v) is 3.87. The van der Waals surface area contributed by atoms with Crippen LogP contribution in [0.1, 0.15) is 6.92 Å². The van der Waals surface area contributed by atoms with Crippen molar-refractivity contribution in [3.63, 3.8) is 0 Å². The van der Waals surface area contributed by atoms with Crippen LogP contribution in [0.2, 0.25) is 5.02 Å². The third kappa shape index (κ3) is 3.30. The van der Waals surface area contributed by atoms with Crippen LogP contribution in [-0.4, -0.2) is 11.3 Å². The monoisotopic (exact) mass is 362 g/mol. The number of rotatable bonds is 3. The molecule has 122 valence electrons. The van der Waals surface area contributed by atoms with Gasteiger partial charge in [0.15, 0.2) is 5.43 Å². The van der Waals surface area contributed by atoms with Gasteiger partial charge in [-0.3, -0.25) is 9.59 Å². The van der Waals surface area contributed by atoms with Crippen molar-refractivity contribution in [3.05, 3.63) is 64.0 Å². The Hall–Kier alpha value is -2.30. The van der Waals surface area contributed by atoms with Crippen LogP contribution < -0.4 is 10.2 Å². The maximum absolute atomic E-state index is 12.6. The number of esters is 1. The summed E-state index contributed by atoms with van der Waals surface area (Å²) >= 11 is 11.5. The van der Waals surface area contributed by atoms with Crippen molar-refractivity contribution in [3.8, 4) is 16.9 Å². The number of hydrogen-bond acceptors (Lipinski definition) is 4. The summed E-state index contributed by atoms with van der Waals surface area (Å²) in [5.41, 5.74) is 1.28. The summed E-state index contributed by atoms with van der Waals surface area (Å²) in [6, 6.07) is 11.5. The average molecular weight is 363 g/mol. The van der Waals surface area contributed by atoms with E-state index in [9.17, 15) is 9.59 Å². The molecule has 0 bridgehead atoms. The van der Waals surface area contributed by atoms with Gasteiger partial charge in [0.1, 0.15) is 23.0 Å². The number of halogens is 2. The molecule has 0 spiro atoms. The quantitative estimate of drug-likeness (QED) is 0.386.